The van der Waals surface area contributed by atoms with Crippen molar-refractivity contribution in [3.05, 3.63) is 0 Å². The molecule has 0 heterocycles. The molecule has 0 rings (SSSR count). The van der Waals surface area contributed by atoms with Gasteiger partial charge in [0.2, 0.25) is 0 Å². The molecule has 0 aliphatic rings. The van der Waals surface area contributed by atoms with Gasteiger partial charge in [0.25, 0.3) is 0 Å². The number of rotatable bonds is 53. The highest BCUT2D eigenvalue weighted by Gasteiger charge is 1.99. The lowest BCUT2D eigenvalue weighted by molar-refractivity contribution is 0.282. The van der Waals surface area contributed by atoms with Crippen LogP contribution in [0.4, 0.5) is 0 Å². The van der Waals surface area contributed by atoms with Crippen molar-refractivity contribution in [3.8, 4) is 0 Å². The molecule has 338 valence electrons. The van der Waals surface area contributed by atoms with Crippen LogP contribution in [0.15, 0.2) is 0 Å². The zero-order valence-corrected chi connectivity index (χ0v) is 39.1. The summed E-state index contributed by atoms with van der Waals surface area (Å²) in [5.74, 6) is 0. The highest BCUT2D eigenvalue weighted by atomic mass is 16.3. The van der Waals surface area contributed by atoms with Gasteiger partial charge in [0, 0.05) is 13.2 Å². The number of aliphatic hydroxyl groups is 2. The Labute approximate surface area is 356 Å². The molecule has 0 bridgehead atoms. The smallest absolute Gasteiger partial charge is 0.0431 e. The minimum Gasteiger partial charge on any atom is -0.396 e. The Hall–Kier alpha value is -0.0800. The van der Waals surface area contributed by atoms with Crippen molar-refractivity contribution in [1.82, 2.24) is 0 Å². The summed E-state index contributed by atoms with van der Waals surface area (Å²) >= 11 is 0. The molecule has 0 amide bonds. The summed E-state index contributed by atoms with van der Waals surface area (Å²) < 4.78 is 0. The van der Waals surface area contributed by atoms with E-state index in [0.717, 1.165) is 12.8 Å². The molecule has 0 radical (unpaired) electrons. The van der Waals surface area contributed by atoms with Crippen molar-refractivity contribution in [3.63, 3.8) is 0 Å². The Morgan fingerprint density at radius 2 is 0.143 bits per heavy atom. The molecule has 0 saturated carbocycles. The molecule has 0 saturated heterocycles. The zero-order chi connectivity index (χ0) is 40.2. The Kier molecular flexibility index (Phi) is 54.8. The lowest BCUT2D eigenvalue weighted by atomic mass is 10.0. The highest BCUT2D eigenvalue weighted by molar-refractivity contribution is 4.55. The maximum atomic E-state index is 8.82. The van der Waals surface area contributed by atoms with E-state index >= 15 is 0 Å². The molecule has 0 aliphatic carbocycles. The normalized spacial score (nSPS) is 11.7. The molecule has 0 aromatic rings. The molecular weight excluding hydrogens is 681 g/mol. The van der Waals surface area contributed by atoms with E-state index in [-0.39, 0.29) is 0 Å². The second-order valence-corrected chi connectivity index (χ2v) is 18.8. The van der Waals surface area contributed by atoms with Crippen LogP contribution in [-0.4, -0.2) is 23.4 Å². The van der Waals surface area contributed by atoms with Crippen molar-refractivity contribution in [2.45, 2.75) is 334 Å². The molecule has 56 heavy (non-hydrogen) atoms. The summed E-state index contributed by atoms with van der Waals surface area (Å²) in [5, 5.41) is 17.6. The topological polar surface area (TPSA) is 40.5 Å². The van der Waals surface area contributed by atoms with Crippen LogP contribution in [0.5, 0.6) is 0 Å². The summed E-state index contributed by atoms with van der Waals surface area (Å²) in [4.78, 5) is 0. The third kappa shape index (κ3) is 53.9. The fourth-order valence-corrected chi connectivity index (χ4v) is 9.06. The minimum absolute atomic E-state index is 0.374. The Bertz CT molecular complexity index is 580. The van der Waals surface area contributed by atoms with E-state index in [2.05, 4.69) is 0 Å². The van der Waals surface area contributed by atoms with Gasteiger partial charge in [-0.25, -0.2) is 0 Å². The van der Waals surface area contributed by atoms with E-state index in [1.807, 2.05) is 0 Å². The molecule has 0 atom stereocenters. The monoisotopic (exact) mass is 791 g/mol. The van der Waals surface area contributed by atoms with Gasteiger partial charge in [-0.2, -0.15) is 0 Å². The number of hydrogen-bond acceptors (Lipinski definition) is 2. The number of aliphatic hydroxyl groups excluding tert-OH is 2. The van der Waals surface area contributed by atoms with Crippen LogP contribution >= 0.6 is 0 Å². The lowest BCUT2D eigenvalue weighted by Crippen LogP contribution is -1.85. The third-order valence-electron chi connectivity index (χ3n) is 13.1. The molecule has 0 aromatic carbocycles. The van der Waals surface area contributed by atoms with Crippen LogP contribution in [0, 0.1) is 0 Å². The molecule has 2 heteroatoms. The first kappa shape index (κ1) is 55.9. The van der Waals surface area contributed by atoms with Crippen molar-refractivity contribution in [2.24, 2.45) is 0 Å². The molecule has 0 spiro atoms. The van der Waals surface area contributed by atoms with Crippen LogP contribution in [0.3, 0.4) is 0 Å². The van der Waals surface area contributed by atoms with Gasteiger partial charge in [-0.1, -0.05) is 321 Å². The maximum absolute atomic E-state index is 8.82. The Morgan fingerprint density at radius 3 is 0.196 bits per heavy atom. The molecule has 2 N–H and O–H groups in total. The van der Waals surface area contributed by atoms with Crippen molar-refractivity contribution < 1.29 is 10.2 Å². The van der Waals surface area contributed by atoms with Crippen molar-refractivity contribution in [2.75, 3.05) is 13.2 Å². The summed E-state index contributed by atoms with van der Waals surface area (Å²) in [6, 6.07) is 0. The average Bonchev–Trinajstić information content (AvgIpc) is 3.21. The maximum Gasteiger partial charge on any atom is 0.0431 e. The van der Waals surface area contributed by atoms with Gasteiger partial charge in [0.05, 0.1) is 0 Å². The predicted octanol–water partition coefficient (Wildman–Crippen LogP) is 19.3. The Balaban J connectivity index is 3.05. The molecule has 0 aliphatic heterocycles. The predicted molar refractivity (Wildman–Crippen MR) is 254 cm³/mol. The van der Waals surface area contributed by atoms with E-state index in [1.54, 1.807) is 0 Å². The van der Waals surface area contributed by atoms with Gasteiger partial charge in [-0.3, -0.25) is 0 Å². The van der Waals surface area contributed by atoms with Gasteiger partial charge in [-0.05, 0) is 12.8 Å². The third-order valence-corrected chi connectivity index (χ3v) is 13.1. The van der Waals surface area contributed by atoms with Gasteiger partial charge in [0.15, 0.2) is 0 Å². The van der Waals surface area contributed by atoms with E-state index in [0.29, 0.717) is 13.2 Å². The second kappa shape index (κ2) is 54.9. The molecule has 2 nitrogen and oxygen atoms in total. The first-order valence-corrected chi connectivity index (χ1v) is 27.1. The number of unbranched alkanes of at least 4 members (excludes halogenated alkanes) is 51. The van der Waals surface area contributed by atoms with Gasteiger partial charge in [0.1, 0.15) is 0 Å². The van der Waals surface area contributed by atoms with Gasteiger partial charge in [-0.15, -0.1) is 0 Å². The summed E-state index contributed by atoms with van der Waals surface area (Å²) in [6.45, 7) is 0.747. The largest absolute Gasteiger partial charge is 0.396 e. The van der Waals surface area contributed by atoms with Gasteiger partial charge >= 0.3 is 0 Å². The first-order valence-electron chi connectivity index (χ1n) is 27.1. The van der Waals surface area contributed by atoms with E-state index in [1.165, 1.54) is 321 Å². The van der Waals surface area contributed by atoms with E-state index in [4.69, 9.17) is 10.2 Å². The average molecular weight is 791 g/mol. The minimum atomic E-state index is 0.374. The first-order chi connectivity index (χ1) is 27.9. The molecular formula is C54H110O2. The molecule has 0 fully saturated rings. The highest BCUT2D eigenvalue weighted by Crippen LogP contribution is 2.19. The van der Waals surface area contributed by atoms with Crippen LogP contribution in [0.25, 0.3) is 0 Å². The second-order valence-electron chi connectivity index (χ2n) is 18.8. The van der Waals surface area contributed by atoms with Gasteiger partial charge < -0.3 is 10.2 Å². The summed E-state index contributed by atoms with van der Waals surface area (Å²) in [7, 11) is 0. The summed E-state index contributed by atoms with van der Waals surface area (Å²) in [6.07, 6.45) is 74.6. The van der Waals surface area contributed by atoms with Crippen molar-refractivity contribution >= 4 is 0 Å². The fraction of sp³-hybridized carbons (Fsp3) is 1.00. The van der Waals surface area contributed by atoms with Crippen LogP contribution < -0.4 is 0 Å². The standard InChI is InChI=1S/C54H110O2/c55-53-51-49-47-45-43-41-39-37-35-33-31-29-27-25-23-21-19-17-15-13-11-9-7-5-3-1-2-4-6-8-10-12-14-16-18-20-22-24-26-28-30-32-34-36-38-40-42-44-46-48-50-52-54-56/h55-56H,1-54H2. The summed E-state index contributed by atoms with van der Waals surface area (Å²) in [5.41, 5.74) is 0. The molecule has 0 aromatic heterocycles. The lowest BCUT2D eigenvalue weighted by Gasteiger charge is -2.05. The van der Waals surface area contributed by atoms with Crippen LogP contribution in [0.2, 0.25) is 0 Å². The number of hydrogen-bond donors (Lipinski definition) is 2. The molecule has 0 unspecified atom stereocenters. The van der Waals surface area contributed by atoms with E-state index < -0.39 is 0 Å². The SMILES string of the molecule is OCCCCCCCCCCCCCCCCCCCCCCCCCCCCCCCCCCCCCCCCCCCCCCCCCCCCCCO. The Morgan fingerprint density at radius 1 is 0.0893 bits per heavy atom. The van der Waals surface area contributed by atoms with E-state index in [9.17, 15) is 0 Å². The van der Waals surface area contributed by atoms with Crippen LogP contribution in [0.1, 0.15) is 334 Å². The fourth-order valence-electron chi connectivity index (χ4n) is 9.06. The van der Waals surface area contributed by atoms with Crippen LogP contribution in [-0.2, 0) is 0 Å². The zero-order valence-electron chi connectivity index (χ0n) is 39.1. The van der Waals surface area contributed by atoms with Crippen molar-refractivity contribution in [1.29, 1.82) is 0 Å². The quantitative estimate of drug-likeness (QED) is 0.0603.